The fraction of sp³-hybridized carbons (Fsp3) is 0.345. The summed E-state index contributed by atoms with van der Waals surface area (Å²) in [6.07, 6.45) is 21.2. The summed E-state index contributed by atoms with van der Waals surface area (Å²) in [5.41, 5.74) is 21.6. The molecule has 0 heteroatoms. The van der Waals surface area contributed by atoms with E-state index in [2.05, 4.69) is 165 Å². The number of allylic oxidation sites excluding steroid dienone is 9. The molecule has 0 aromatic heterocycles. The number of hydrogen-bond acceptors (Lipinski definition) is 0. The van der Waals surface area contributed by atoms with Crippen LogP contribution in [0.4, 0.5) is 0 Å². The molecule has 0 heterocycles. The normalized spacial score (nSPS) is 13.6. The zero-order valence-corrected chi connectivity index (χ0v) is 35.4. The second-order valence-corrected chi connectivity index (χ2v) is 16.3. The molecule has 4 aromatic carbocycles. The minimum atomic E-state index is -0.0179. The quantitative estimate of drug-likeness (QED) is 0.0707. The zero-order chi connectivity index (χ0) is 39.7. The fourth-order valence-electron chi connectivity index (χ4n) is 8.87. The van der Waals surface area contributed by atoms with Crippen LogP contribution in [-0.4, -0.2) is 0 Å². The van der Waals surface area contributed by atoms with Crippen LogP contribution in [0.3, 0.4) is 0 Å². The van der Waals surface area contributed by atoms with E-state index < -0.39 is 0 Å². The lowest BCUT2D eigenvalue weighted by atomic mass is 9.70. The Hall–Kier alpha value is -4.68. The Labute approximate surface area is 335 Å². The van der Waals surface area contributed by atoms with Crippen LogP contribution in [0, 0.1) is 20.8 Å². The Morgan fingerprint density at radius 2 is 1.15 bits per heavy atom. The van der Waals surface area contributed by atoms with Crippen LogP contribution in [0.1, 0.15) is 132 Å². The van der Waals surface area contributed by atoms with Gasteiger partial charge in [-0.05, 0) is 150 Å². The van der Waals surface area contributed by atoms with E-state index in [9.17, 15) is 0 Å². The van der Waals surface area contributed by atoms with Gasteiger partial charge in [0.25, 0.3) is 0 Å². The van der Waals surface area contributed by atoms with E-state index in [0.717, 1.165) is 22.3 Å². The minimum absolute atomic E-state index is 0.0179. The molecule has 5 rings (SSSR count). The van der Waals surface area contributed by atoms with E-state index in [0.29, 0.717) is 0 Å². The minimum Gasteiger partial charge on any atom is -0.0961 e. The van der Waals surface area contributed by atoms with Gasteiger partial charge in [0.05, 0.1) is 0 Å². The molecule has 0 bridgehead atoms. The second-order valence-electron chi connectivity index (χ2n) is 16.3. The topological polar surface area (TPSA) is 0 Å². The maximum absolute atomic E-state index is 4.37. The number of rotatable bonds is 18. The van der Waals surface area contributed by atoms with Gasteiger partial charge in [-0.3, -0.25) is 0 Å². The van der Waals surface area contributed by atoms with E-state index in [4.69, 9.17) is 0 Å². The Kier molecular flexibility index (Phi) is 14.2. The summed E-state index contributed by atoms with van der Waals surface area (Å²) in [4.78, 5) is 0. The van der Waals surface area contributed by atoms with Crippen molar-refractivity contribution >= 4 is 5.57 Å². The maximum atomic E-state index is 4.37. The molecule has 1 aliphatic carbocycles. The molecule has 0 amide bonds. The lowest BCUT2D eigenvalue weighted by Crippen LogP contribution is -2.26. The summed E-state index contributed by atoms with van der Waals surface area (Å²) in [6, 6.07) is 28.6. The third-order valence-corrected chi connectivity index (χ3v) is 11.9. The van der Waals surface area contributed by atoms with Crippen molar-refractivity contribution in [3.05, 3.63) is 173 Å². The highest BCUT2D eigenvalue weighted by Gasteiger charge is 2.42. The van der Waals surface area contributed by atoms with Gasteiger partial charge in [0.1, 0.15) is 0 Å². The first-order chi connectivity index (χ1) is 26.4. The first-order valence-electron chi connectivity index (χ1n) is 21.0. The molecular formula is C55H66. The van der Waals surface area contributed by atoms with Gasteiger partial charge in [-0.1, -0.05) is 181 Å². The molecule has 55 heavy (non-hydrogen) atoms. The first-order valence-corrected chi connectivity index (χ1v) is 21.0. The van der Waals surface area contributed by atoms with Gasteiger partial charge in [-0.15, -0.1) is 0 Å². The van der Waals surface area contributed by atoms with Crippen LogP contribution >= 0.6 is 0 Å². The van der Waals surface area contributed by atoms with E-state index >= 15 is 0 Å². The molecule has 0 saturated heterocycles. The highest BCUT2D eigenvalue weighted by Crippen LogP contribution is 2.55. The van der Waals surface area contributed by atoms with Crippen LogP contribution in [0.15, 0.2) is 139 Å². The van der Waals surface area contributed by atoms with Gasteiger partial charge in [0, 0.05) is 5.41 Å². The van der Waals surface area contributed by atoms with Crippen molar-refractivity contribution in [3.8, 4) is 33.4 Å². The maximum Gasteiger partial charge on any atom is 0.0215 e. The number of aryl methyl sites for hydroxylation is 3. The molecule has 0 nitrogen and oxygen atoms in total. The highest BCUT2D eigenvalue weighted by molar-refractivity contribution is 5.87. The molecular weight excluding hydrogens is 661 g/mol. The molecule has 286 valence electrons. The van der Waals surface area contributed by atoms with Gasteiger partial charge in [0.2, 0.25) is 0 Å². The molecule has 0 unspecified atom stereocenters. The summed E-state index contributed by atoms with van der Waals surface area (Å²) in [7, 11) is 0. The largest absolute Gasteiger partial charge is 0.0961 e. The summed E-state index contributed by atoms with van der Waals surface area (Å²) < 4.78 is 0. The van der Waals surface area contributed by atoms with Crippen molar-refractivity contribution in [2.45, 2.75) is 125 Å². The number of benzene rings is 4. The Morgan fingerprint density at radius 3 is 1.71 bits per heavy atom. The van der Waals surface area contributed by atoms with Crippen molar-refractivity contribution in [1.29, 1.82) is 0 Å². The van der Waals surface area contributed by atoms with Gasteiger partial charge in [0.15, 0.2) is 0 Å². The van der Waals surface area contributed by atoms with Crippen LogP contribution in [-0.2, 0) is 5.41 Å². The predicted octanol–water partition coefficient (Wildman–Crippen LogP) is 16.7. The average Bonchev–Trinajstić information content (AvgIpc) is 3.42. The van der Waals surface area contributed by atoms with E-state index in [1.807, 2.05) is 6.92 Å². The Bertz CT molecular complexity index is 2120. The van der Waals surface area contributed by atoms with E-state index in [-0.39, 0.29) is 5.41 Å². The number of unbranched alkanes of at least 4 members (excludes halogenated alkanes) is 6. The molecule has 1 aliphatic rings. The van der Waals surface area contributed by atoms with Crippen LogP contribution in [0.2, 0.25) is 0 Å². The smallest absolute Gasteiger partial charge is 0.0215 e. The molecule has 0 radical (unpaired) electrons. The van der Waals surface area contributed by atoms with Crippen LogP contribution < -0.4 is 0 Å². The van der Waals surface area contributed by atoms with Crippen molar-refractivity contribution in [2.24, 2.45) is 0 Å². The second kappa shape index (κ2) is 18.8. The third-order valence-electron chi connectivity index (χ3n) is 11.9. The molecule has 0 aliphatic heterocycles. The standard InChI is InChI=1S/C55H66/c1-12-15-17-19-31-55(32-20-18-16-13-2)53-36-46(45(14-3)23-22-40(7)44(11)41(8)33-38(4)5)24-29-51(53)52-30-26-48(37-54(52)55)50-28-25-47(35-43(50)10)49-27-21-39(6)34-42(49)9/h14,21-30,33-37H,4,7,11-13,15-20,31-32H2,1-3,5-6,8-10H3/b23-22-,41-33-,45-14-. The van der Waals surface area contributed by atoms with Crippen LogP contribution in [0.5, 0.6) is 0 Å². The Balaban J connectivity index is 1.60. The summed E-state index contributed by atoms with van der Waals surface area (Å²) in [5.74, 6) is 0. The zero-order valence-electron chi connectivity index (χ0n) is 35.4. The van der Waals surface area contributed by atoms with Gasteiger partial charge < -0.3 is 0 Å². The third kappa shape index (κ3) is 9.41. The summed E-state index contributed by atoms with van der Waals surface area (Å²) >= 11 is 0. The fourth-order valence-corrected chi connectivity index (χ4v) is 8.87. The summed E-state index contributed by atoms with van der Waals surface area (Å²) in [6.45, 7) is 30.3. The monoisotopic (exact) mass is 727 g/mol. The van der Waals surface area contributed by atoms with Gasteiger partial charge >= 0.3 is 0 Å². The SMILES string of the molecule is C=C(C)/C=C(/C)C(=C)C(=C)/C=C\C(=C\C)c1ccc2c(c1)C(CCCCCC)(CCCCCC)c1cc(-c3ccc(-c4ccc(C)cc4C)cc3C)ccc1-2. The molecule has 0 atom stereocenters. The lowest BCUT2D eigenvalue weighted by molar-refractivity contribution is 0.401. The molecule has 0 saturated carbocycles. The first kappa shape index (κ1) is 41.5. The molecule has 0 spiro atoms. The number of fused-ring (bicyclic) bond motifs is 3. The van der Waals surface area contributed by atoms with E-state index in [1.54, 1.807) is 0 Å². The molecule has 0 fully saturated rings. The van der Waals surface area contributed by atoms with Gasteiger partial charge in [-0.25, -0.2) is 0 Å². The van der Waals surface area contributed by atoms with Crippen molar-refractivity contribution in [3.63, 3.8) is 0 Å². The van der Waals surface area contributed by atoms with E-state index in [1.165, 1.54) is 137 Å². The Morgan fingerprint density at radius 1 is 0.600 bits per heavy atom. The lowest BCUT2D eigenvalue weighted by Gasteiger charge is -2.33. The van der Waals surface area contributed by atoms with Crippen molar-refractivity contribution in [1.82, 2.24) is 0 Å². The molecule has 0 N–H and O–H groups in total. The molecule has 4 aromatic rings. The highest BCUT2D eigenvalue weighted by atomic mass is 14.5. The van der Waals surface area contributed by atoms with Crippen LogP contribution in [0.25, 0.3) is 39.0 Å². The van der Waals surface area contributed by atoms with Crippen molar-refractivity contribution in [2.75, 3.05) is 0 Å². The predicted molar refractivity (Wildman–Crippen MR) is 245 cm³/mol. The van der Waals surface area contributed by atoms with Crippen molar-refractivity contribution < 1.29 is 0 Å². The number of hydrogen-bond donors (Lipinski definition) is 0. The summed E-state index contributed by atoms with van der Waals surface area (Å²) in [5, 5.41) is 0. The average molecular weight is 727 g/mol. The van der Waals surface area contributed by atoms with Gasteiger partial charge in [-0.2, -0.15) is 0 Å².